The number of hydrogen-bond donors (Lipinski definition) is 1. The zero-order chi connectivity index (χ0) is 14.3. The van der Waals surface area contributed by atoms with Crippen LogP contribution < -0.4 is 10.6 Å². The van der Waals surface area contributed by atoms with Gasteiger partial charge in [0.1, 0.15) is 9.84 Å². The Morgan fingerprint density at radius 3 is 2.26 bits per heavy atom. The lowest BCUT2D eigenvalue weighted by atomic mass is 10.2. The first kappa shape index (κ1) is 16.0. The highest BCUT2D eigenvalue weighted by atomic mass is 32.2. The van der Waals surface area contributed by atoms with Crippen LogP contribution in [-0.2, 0) is 16.4 Å². The van der Waals surface area contributed by atoms with Gasteiger partial charge in [0, 0.05) is 31.1 Å². The molecule has 0 amide bonds. The third kappa shape index (κ3) is 5.20. The molecule has 0 aliphatic carbocycles. The molecule has 108 valence electrons. The molecule has 0 saturated carbocycles. The molecule has 0 saturated heterocycles. The summed E-state index contributed by atoms with van der Waals surface area (Å²) >= 11 is 0. The summed E-state index contributed by atoms with van der Waals surface area (Å²) in [6.45, 7) is 5.94. The summed E-state index contributed by atoms with van der Waals surface area (Å²) in [5.41, 5.74) is 7.80. The van der Waals surface area contributed by atoms with Crippen LogP contribution in [0.2, 0.25) is 0 Å². The van der Waals surface area contributed by atoms with Gasteiger partial charge in [0.25, 0.3) is 0 Å². The summed E-state index contributed by atoms with van der Waals surface area (Å²) in [5, 5.41) is 0. The molecule has 0 atom stereocenters. The number of nitrogens with two attached hydrogens (primary N) is 1. The van der Waals surface area contributed by atoms with Crippen LogP contribution in [0, 0.1) is 0 Å². The van der Waals surface area contributed by atoms with Crippen molar-refractivity contribution in [1.29, 1.82) is 0 Å². The monoisotopic (exact) mass is 284 g/mol. The fourth-order valence-corrected chi connectivity index (χ4v) is 2.79. The molecule has 4 nitrogen and oxygen atoms in total. The van der Waals surface area contributed by atoms with Crippen molar-refractivity contribution in [3.8, 4) is 0 Å². The topological polar surface area (TPSA) is 63.4 Å². The van der Waals surface area contributed by atoms with Crippen LogP contribution in [0.25, 0.3) is 0 Å². The standard InChI is InChI=1S/C14H24N2O2S/c1-3-16(10-5-11-19(17,18)4-2)14-8-6-13(12-15)7-9-14/h6-9H,3-5,10-12,15H2,1-2H3. The lowest BCUT2D eigenvalue weighted by Gasteiger charge is -2.23. The third-order valence-electron chi connectivity index (χ3n) is 3.24. The van der Waals surface area contributed by atoms with E-state index in [9.17, 15) is 8.42 Å². The third-order valence-corrected chi connectivity index (χ3v) is 5.03. The van der Waals surface area contributed by atoms with Gasteiger partial charge < -0.3 is 10.6 Å². The fourth-order valence-electron chi connectivity index (χ4n) is 1.93. The molecule has 0 radical (unpaired) electrons. The highest BCUT2D eigenvalue weighted by molar-refractivity contribution is 7.91. The Morgan fingerprint density at radius 1 is 1.16 bits per heavy atom. The van der Waals surface area contributed by atoms with Crippen molar-refractivity contribution in [2.24, 2.45) is 5.73 Å². The molecule has 0 aliphatic heterocycles. The maximum Gasteiger partial charge on any atom is 0.150 e. The maximum absolute atomic E-state index is 11.5. The molecule has 19 heavy (non-hydrogen) atoms. The van der Waals surface area contributed by atoms with E-state index in [0.29, 0.717) is 13.0 Å². The minimum absolute atomic E-state index is 0.227. The molecule has 0 fully saturated rings. The Hall–Kier alpha value is -1.07. The summed E-state index contributed by atoms with van der Waals surface area (Å²) < 4.78 is 22.9. The molecule has 0 bridgehead atoms. The summed E-state index contributed by atoms with van der Waals surface area (Å²) in [6.07, 6.45) is 0.669. The van der Waals surface area contributed by atoms with E-state index >= 15 is 0 Å². The number of anilines is 1. The predicted molar refractivity (Wildman–Crippen MR) is 81.2 cm³/mol. The van der Waals surface area contributed by atoms with E-state index in [2.05, 4.69) is 11.8 Å². The van der Waals surface area contributed by atoms with Gasteiger partial charge in [0.15, 0.2) is 0 Å². The maximum atomic E-state index is 11.5. The number of nitrogens with zero attached hydrogens (tertiary/aromatic N) is 1. The minimum atomic E-state index is -2.86. The number of rotatable bonds is 8. The molecule has 2 N–H and O–H groups in total. The molecule has 0 heterocycles. The van der Waals surface area contributed by atoms with Gasteiger partial charge in [-0.1, -0.05) is 19.1 Å². The molecule has 0 unspecified atom stereocenters. The van der Waals surface area contributed by atoms with Crippen molar-refractivity contribution in [3.05, 3.63) is 29.8 Å². The first-order valence-corrected chi connectivity index (χ1v) is 8.59. The van der Waals surface area contributed by atoms with E-state index in [1.165, 1.54) is 0 Å². The Labute approximate surface area is 116 Å². The van der Waals surface area contributed by atoms with Crippen LogP contribution >= 0.6 is 0 Å². The van der Waals surface area contributed by atoms with Crippen molar-refractivity contribution in [2.45, 2.75) is 26.8 Å². The van der Waals surface area contributed by atoms with Gasteiger partial charge in [-0.2, -0.15) is 0 Å². The second kappa shape index (κ2) is 7.50. The van der Waals surface area contributed by atoms with Crippen LogP contribution in [0.1, 0.15) is 25.8 Å². The zero-order valence-corrected chi connectivity index (χ0v) is 12.6. The first-order valence-electron chi connectivity index (χ1n) is 6.76. The summed E-state index contributed by atoms with van der Waals surface area (Å²) in [7, 11) is -2.86. The van der Waals surface area contributed by atoms with Gasteiger partial charge in [0.05, 0.1) is 5.75 Å². The Balaban J connectivity index is 2.57. The lowest BCUT2D eigenvalue weighted by molar-refractivity contribution is 0.594. The minimum Gasteiger partial charge on any atom is -0.372 e. The normalized spacial score (nSPS) is 11.5. The molecule has 1 rings (SSSR count). The molecule has 0 aromatic heterocycles. The second-order valence-corrected chi connectivity index (χ2v) is 7.01. The zero-order valence-electron chi connectivity index (χ0n) is 11.8. The average molecular weight is 284 g/mol. The summed E-state index contributed by atoms with van der Waals surface area (Å²) in [5.74, 6) is 0.491. The summed E-state index contributed by atoms with van der Waals surface area (Å²) in [4.78, 5) is 2.19. The van der Waals surface area contributed by atoms with Gasteiger partial charge in [-0.15, -0.1) is 0 Å². The number of sulfone groups is 1. The SMILES string of the molecule is CCN(CCCS(=O)(=O)CC)c1ccc(CN)cc1. The van der Waals surface area contributed by atoms with E-state index < -0.39 is 9.84 Å². The highest BCUT2D eigenvalue weighted by Crippen LogP contribution is 2.15. The largest absolute Gasteiger partial charge is 0.372 e. The van der Waals surface area contributed by atoms with Gasteiger partial charge in [0.2, 0.25) is 0 Å². The van der Waals surface area contributed by atoms with Crippen LogP contribution in [0.15, 0.2) is 24.3 Å². The van der Waals surface area contributed by atoms with Gasteiger partial charge >= 0.3 is 0 Å². The van der Waals surface area contributed by atoms with E-state index in [4.69, 9.17) is 5.73 Å². The molecule has 0 aliphatic rings. The fraction of sp³-hybridized carbons (Fsp3) is 0.571. The smallest absolute Gasteiger partial charge is 0.150 e. The van der Waals surface area contributed by atoms with E-state index in [1.807, 2.05) is 24.3 Å². The van der Waals surface area contributed by atoms with Crippen LogP contribution in [0.4, 0.5) is 5.69 Å². The van der Waals surface area contributed by atoms with E-state index in [0.717, 1.165) is 24.3 Å². The van der Waals surface area contributed by atoms with Crippen LogP contribution in [-0.4, -0.2) is 33.0 Å². The first-order chi connectivity index (χ1) is 9.02. The molecular weight excluding hydrogens is 260 g/mol. The highest BCUT2D eigenvalue weighted by Gasteiger charge is 2.09. The molecule has 5 heteroatoms. The van der Waals surface area contributed by atoms with Crippen molar-refractivity contribution in [3.63, 3.8) is 0 Å². The molecule has 1 aromatic carbocycles. The van der Waals surface area contributed by atoms with E-state index in [-0.39, 0.29) is 11.5 Å². The van der Waals surface area contributed by atoms with Crippen LogP contribution in [0.5, 0.6) is 0 Å². The molecule has 0 spiro atoms. The Kier molecular flexibility index (Phi) is 6.31. The van der Waals surface area contributed by atoms with Gasteiger partial charge in [-0.3, -0.25) is 0 Å². The average Bonchev–Trinajstić information content (AvgIpc) is 2.44. The van der Waals surface area contributed by atoms with E-state index in [1.54, 1.807) is 6.92 Å². The van der Waals surface area contributed by atoms with Crippen molar-refractivity contribution >= 4 is 15.5 Å². The number of hydrogen-bond acceptors (Lipinski definition) is 4. The molecular formula is C14H24N2O2S. The quantitative estimate of drug-likeness (QED) is 0.790. The summed E-state index contributed by atoms with van der Waals surface area (Å²) in [6, 6.07) is 8.11. The molecule has 1 aromatic rings. The van der Waals surface area contributed by atoms with Crippen molar-refractivity contribution in [2.75, 3.05) is 29.5 Å². The van der Waals surface area contributed by atoms with Gasteiger partial charge in [-0.25, -0.2) is 8.42 Å². The van der Waals surface area contributed by atoms with Gasteiger partial charge in [-0.05, 0) is 31.0 Å². The lowest BCUT2D eigenvalue weighted by Crippen LogP contribution is -2.26. The Morgan fingerprint density at radius 2 is 1.79 bits per heavy atom. The number of benzene rings is 1. The van der Waals surface area contributed by atoms with Crippen molar-refractivity contribution in [1.82, 2.24) is 0 Å². The van der Waals surface area contributed by atoms with Crippen molar-refractivity contribution < 1.29 is 8.42 Å². The predicted octanol–water partition coefficient (Wildman–Crippen LogP) is 1.80. The second-order valence-electron chi connectivity index (χ2n) is 4.54. The Bertz CT molecular complexity index is 469. The van der Waals surface area contributed by atoms with Crippen LogP contribution in [0.3, 0.4) is 0 Å².